The molecule has 122 valence electrons. The molecule has 0 radical (unpaired) electrons. The Morgan fingerprint density at radius 1 is 1.26 bits per heavy atom. The first-order chi connectivity index (χ1) is 10.8. The number of ketones is 1. The Hall–Kier alpha value is -2.68. The molecule has 0 spiro atoms. The van der Waals surface area contributed by atoms with Gasteiger partial charge in [0, 0.05) is 5.56 Å². The second-order valence-electron chi connectivity index (χ2n) is 4.57. The minimum Gasteiger partial charge on any atom is -0.462 e. The highest BCUT2D eigenvalue weighted by Gasteiger charge is 2.21. The number of Topliss-reactive ketones (excluding diaryl/α,β-unsaturated/α-hetero) is 1. The molecule has 0 amide bonds. The van der Waals surface area contributed by atoms with E-state index in [2.05, 4.69) is 14.9 Å². The number of esters is 1. The van der Waals surface area contributed by atoms with E-state index in [1.54, 1.807) is 6.92 Å². The number of rotatable bonds is 6. The van der Waals surface area contributed by atoms with Gasteiger partial charge in [0.1, 0.15) is 11.4 Å². The van der Waals surface area contributed by atoms with Crippen molar-refractivity contribution in [2.75, 3.05) is 11.3 Å². The van der Waals surface area contributed by atoms with Crippen molar-refractivity contribution in [2.24, 2.45) is 0 Å². The molecule has 2 N–H and O–H groups in total. The van der Waals surface area contributed by atoms with Crippen LogP contribution in [0.1, 0.15) is 34.6 Å². The molecule has 0 fully saturated rings. The number of carbonyl (C=O) groups excluding carboxylic acids is 2. The zero-order valence-electron chi connectivity index (χ0n) is 12.5. The number of H-pyrrole nitrogens is 1. The smallest absolute Gasteiger partial charge is 0.343 e. The van der Waals surface area contributed by atoms with E-state index in [4.69, 9.17) is 4.74 Å². The lowest BCUT2D eigenvalue weighted by molar-refractivity contribution is 0.0527. The van der Waals surface area contributed by atoms with Crippen molar-refractivity contribution in [3.8, 4) is 0 Å². The Balaban J connectivity index is 2.27. The average molecular weight is 337 g/mol. The van der Waals surface area contributed by atoms with Gasteiger partial charge in [-0.15, -0.1) is 0 Å². The summed E-state index contributed by atoms with van der Waals surface area (Å²) in [5, 5.41) is 6.05. The third-order valence-electron chi connectivity index (χ3n) is 2.94. The van der Waals surface area contributed by atoms with Crippen LogP contribution in [0.2, 0.25) is 0 Å². The largest absolute Gasteiger partial charge is 0.462 e. The summed E-state index contributed by atoms with van der Waals surface area (Å²) < 4.78 is 31.7. The van der Waals surface area contributed by atoms with Crippen molar-refractivity contribution in [1.29, 1.82) is 0 Å². The molecule has 0 aliphatic rings. The highest BCUT2D eigenvalue weighted by atomic mass is 32.2. The van der Waals surface area contributed by atoms with Gasteiger partial charge in [0.15, 0.2) is 5.78 Å². The van der Waals surface area contributed by atoms with Crippen LogP contribution in [0.25, 0.3) is 0 Å². The molecular weight excluding hydrogens is 322 g/mol. The number of sulfonamides is 1. The summed E-state index contributed by atoms with van der Waals surface area (Å²) in [6, 6.07) is 5.44. The number of nitrogens with one attached hydrogen (secondary N) is 2. The lowest BCUT2D eigenvalue weighted by Gasteiger charge is -2.08. The first kappa shape index (κ1) is 16.7. The second kappa shape index (κ2) is 6.61. The molecule has 0 aliphatic carbocycles. The van der Waals surface area contributed by atoms with Crippen molar-refractivity contribution < 1.29 is 22.7 Å². The fraction of sp³-hybridized carbons (Fsp3) is 0.214. The Labute approximate surface area is 132 Å². The summed E-state index contributed by atoms with van der Waals surface area (Å²) in [7, 11) is -3.94. The first-order valence-electron chi connectivity index (χ1n) is 6.69. The number of nitrogens with zero attached hydrogens (tertiary/aromatic N) is 1. The van der Waals surface area contributed by atoms with Gasteiger partial charge in [0.2, 0.25) is 0 Å². The molecular formula is C14H15N3O5S. The van der Waals surface area contributed by atoms with Crippen molar-refractivity contribution in [3.05, 3.63) is 41.6 Å². The Morgan fingerprint density at radius 2 is 1.91 bits per heavy atom. The predicted molar refractivity (Wildman–Crippen MR) is 81.8 cm³/mol. The van der Waals surface area contributed by atoms with Gasteiger partial charge in [-0.1, -0.05) is 12.1 Å². The van der Waals surface area contributed by atoms with Crippen LogP contribution in [0, 0.1) is 0 Å². The summed E-state index contributed by atoms with van der Waals surface area (Å²) in [6.45, 7) is 3.18. The van der Waals surface area contributed by atoms with Crippen LogP contribution >= 0.6 is 0 Å². The number of aromatic nitrogens is 2. The van der Waals surface area contributed by atoms with Crippen LogP contribution in [-0.2, 0) is 14.8 Å². The van der Waals surface area contributed by atoms with Crippen LogP contribution in [0.4, 0.5) is 5.82 Å². The minimum atomic E-state index is -3.94. The molecule has 2 rings (SSSR count). The number of anilines is 1. The van der Waals surface area contributed by atoms with Crippen molar-refractivity contribution in [3.63, 3.8) is 0 Å². The van der Waals surface area contributed by atoms with Crippen LogP contribution < -0.4 is 4.72 Å². The van der Waals surface area contributed by atoms with E-state index in [0.717, 1.165) is 0 Å². The number of hydrogen-bond donors (Lipinski definition) is 2. The van der Waals surface area contributed by atoms with E-state index in [-0.39, 0.29) is 28.7 Å². The topological polar surface area (TPSA) is 118 Å². The Kier molecular flexibility index (Phi) is 4.80. The van der Waals surface area contributed by atoms with E-state index >= 15 is 0 Å². The monoisotopic (exact) mass is 337 g/mol. The molecule has 0 bridgehead atoms. The number of benzene rings is 1. The van der Waals surface area contributed by atoms with Gasteiger partial charge in [-0.05, 0) is 26.0 Å². The van der Waals surface area contributed by atoms with E-state index in [9.17, 15) is 18.0 Å². The third-order valence-corrected chi connectivity index (χ3v) is 4.31. The SMILES string of the molecule is CCOC(=O)c1cn[nH]c1NS(=O)(=O)c1ccc(C(C)=O)cc1. The molecule has 0 unspecified atom stereocenters. The summed E-state index contributed by atoms with van der Waals surface area (Å²) >= 11 is 0. The van der Waals surface area contributed by atoms with Crippen LogP contribution in [-0.4, -0.2) is 37.0 Å². The van der Waals surface area contributed by atoms with Gasteiger partial charge in [0.05, 0.1) is 17.7 Å². The molecule has 1 heterocycles. The maximum Gasteiger partial charge on any atom is 0.343 e. The van der Waals surface area contributed by atoms with Gasteiger partial charge in [-0.25, -0.2) is 13.2 Å². The quantitative estimate of drug-likeness (QED) is 0.610. The maximum atomic E-state index is 12.3. The highest BCUT2D eigenvalue weighted by Crippen LogP contribution is 2.19. The van der Waals surface area contributed by atoms with Crippen molar-refractivity contribution in [1.82, 2.24) is 10.2 Å². The molecule has 0 aliphatic heterocycles. The van der Waals surface area contributed by atoms with Gasteiger partial charge in [-0.2, -0.15) is 5.10 Å². The average Bonchev–Trinajstić information content (AvgIpc) is 2.95. The lowest BCUT2D eigenvalue weighted by Crippen LogP contribution is -2.16. The molecule has 0 atom stereocenters. The van der Waals surface area contributed by atoms with Gasteiger partial charge >= 0.3 is 5.97 Å². The number of hydrogen-bond acceptors (Lipinski definition) is 6. The Morgan fingerprint density at radius 3 is 2.48 bits per heavy atom. The summed E-state index contributed by atoms with van der Waals surface area (Å²) in [4.78, 5) is 22.9. The summed E-state index contributed by atoms with van der Waals surface area (Å²) in [5.74, 6) is -0.940. The van der Waals surface area contributed by atoms with E-state index in [0.29, 0.717) is 5.56 Å². The van der Waals surface area contributed by atoms with Crippen LogP contribution in [0.3, 0.4) is 0 Å². The van der Waals surface area contributed by atoms with E-state index in [1.165, 1.54) is 37.4 Å². The van der Waals surface area contributed by atoms with Gasteiger partial charge < -0.3 is 4.74 Å². The standard InChI is InChI=1S/C14H15N3O5S/c1-3-22-14(19)12-8-15-16-13(12)17-23(20,21)11-6-4-10(5-7-11)9(2)18/h4-8H,3H2,1-2H3,(H2,15,16,17). The molecule has 2 aromatic rings. The summed E-state index contributed by atoms with van der Waals surface area (Å²) in [6.07, 6.45) is 1.18. The minimum absolute atomic E-state index is 0.0178. The highest BCUT2D eigenvalue weighted by molar-refractivity contribution is 7.92. The molecule has 9 heteroatoms. The predicted octanol–water partition coefficient (Wildman–Crippen LogP) is 1.59. The molecule has 1 aromatic heterocycles. The van der Waals surface area contributed by atoms with Crippen molar-refractivity contribution in [2.45, 2.75) is 18.7 Å². The molecule has 1 aromatic carbocycles. The number of aromatic amines is 1. The molecule has 0 saturated heterocycles. The van der Waals surface area contributed by atoms with Gasteiger partial charge in [0.25, 0.3) is 10.0 Å². The Bertz CT molecular complexity index is 824. The normalized spacial score (nSPS) is 11.0. The van der Waals surface area contributed by atoms with E-state index in [1.807, 2.05) is 0 Å². The fourth-order valence-corrected chi connectivity index (χ4v) is 2.83. The van der Waals surface area contributed by atoms with Gasteiger partial charge in [-0.3, -0.25) is 14.6 Å². The lowest BCUT2D eigenvalue weighted by atomic mass is 10.2. The zero-order chi connectivity index (χ0) is 17.0. The maximum absolute atomic E-state index is 12.3. The van der Waals surface area contributed by atoms with Crippen molar-refractivity contribution >= 4 is 27.6 Å². The van der Waals surface area contributed by atoms with Crippen LogP contribution in [0.15, 0.2) is 35.4 Å². The van der Waals surface area contributed by atoms with E-state index < -0.39 is 16.0 Å². The summed E-state index contributed by atoms with van der Waals surface area (Å²) in [5.41, 5.74) is 0.383. The molecule has 8 nitrogen and oxygen atoms in total. The third kappa shape index (κ3) is 3.75. The second-order valence-corrected chi connectivity index (χ2v) is 6.25. The fourth-order valence-electron chi connectivity index (χ4n) is 1.79. The first-order valence-corrected chi connectivity index (χ1v) is 8.17. The molecule has 23 heavy (non-hydrogen) atoms. The zero-order valence-corrected chi connectivity index (χ0v) is 13.3. The molecule has 0 saturated carbocycles. The number of ether oxygens (including phenoxy) is 1. The number of carbonyl (C=O) groups is 2. The van der Waals surface area contributed by atoms with Crippen LogP contribution in [0.5, 0.6) is 0 Å².